The minimum Gasteiger partial charge on any atom is -0.385 e. The van der Waals surface area contributed by atoms with Crippen LogP contribution in [-0.4, -0.2) is 33.5 Å². The molecular weight excluding hydrogens is 268 g/mol. The molecule has 2 aromatic heterocycles. The number of rotatable bonds is 7. The van der Waals surface area contributed by atoms with Crippen LogP contribution in [0.3, 0.4) is 0 Å². The molecule has 0 saturated carbocycles. The average molecular weight is 284 g/mol. The van der Waals surface area contributed by atoms with Crippen molar-refractivity contribution in [1.29, 1.82) is 0 Å². The standard InChI is InChI=1S/C11H16N4OS2/c1-9-13-10(6-17-9)7-18-11-14-12-8-15(11)4-3-5-16-2/h6,8H,3-5,7H2,1-2H3. The Bertz CT molecular complexity index is 483. The molecule has 98 valence electrons. The highest BCUT2D eigenvalue weighted by Crippen LogP contribution is 2.21. The summed E-state index contributed by atoms with van der Waals surface area (Å²) in [5, 5.41) is 12.2. The third-order valence-electron chi connectivity index (χ3n) is 2.34. The fourth-order valence-corrected chi connectivity index (χ4v) is 3.05. The Morgan fingerprint density at radius 1 is 1.50 bits per heavy atom. The van der Waals surface area contributed by atoms with Crippen LogP contribution in [0.25, 0.3) is 0 Å². The zero-order valence-corrected chi connectivity index (χ0v) is 12.1. The molecule has 0 N–H and O–H groups in total. The number of hydrogen-bond acceptors (Lipinski definition) is 6. The van der Waals surface area contributed by atoms with Crippen LogP contribution >= 0.6 is 23.1 Å². The van der Waals surface area contributed by atoms with Gasteiger partial charge in [-0.25, -0.2) is 4.98 Å². The molecule has 0 amide bonds. The first-order valence-corrected chi connectivity index (χ1v) is 7.56. The molecule has 18 heavy (non-hydrogen) atoms. The molecule has 0 spiro atoms. The molecule has 0 bridgehead atoms. The molecule has 0 aromatic carbocycles. The first-order valence-electron chi connectivity index (χ1n) is 5.70. The van der Waals surface area contributed by atoms with Gasteiger partial charge in [0, 0.05) is 31.4 Å². The monoisotopic (exact) mass is 284 g/mol. The summed E-state index contributed by atoms with van der Waals surface area (Å²) in [7, 11) is 1.71. The number of hydrogen-bond donors (Lipinski definition) is 0. The summed E-state index contributed by atoms with van der Waals surface area (Å²) < 4.78 is 7.10. The summed E-state index contributed by atoms with van der Waals surface area (Å²) in [6.07, 6.45) is 2.74. The van der Waals surface area contributed by atoms with E-state index in [-0.39, 0.29) is 0 Å². The van der Waals surface area contributed by atoms with Gasteiger partial charge in [0.1, 0.15) is 6.33 Å². The topological polar surface area (TPSA) is 52.8 Å². The molecular formula is C11H16N4OS2. The van der Waals surface area contributed by atoms with E-state index in [1.807, 2.05) is 6.92 Å². The lowest BCUT2D eigenvalue weighted by Gasteiger charge is -2.04. The number of nitrogens with zero attached hydrogens (tertiary/aromatic N) is 4. The second-order valence-corrected chi connectivity index (χ2v) is 5.80. The summed E-state index contributed by atoms with van der Waals surface area (Å²) in [4.78, 5) is 4.44. The smallest absolute Gasteiger partial charge is 0.191 e. The lowest BCUT2D eigenvalue weighted by molar-refractivity contribution is 0.189. The Labute approximate surface area is 115 Å². The van der Waals surface area contributed by atoms with Crippen LogP contribution in [0.15, 0.2) is 16.9 Å². The Balaban J connectivity index is 1.87. The quantitative estimate of drug-likeness (QED) is 0.577. The Hall–Kier alpha value is -0.920. The minimum atomic E-state index is 0.758. The van der Waals surface area contributed by atoms with Gasteiger partial charge in [0.15, 0.2) is 5.16 Å². The molecule has 5 nitrogen and oxygen atoms in total. The third-order valence-corrected chi connectivity index (χ3v) is 4.18. The van der Waals surface area contributed by atoms with Crippen LogP contribution < -0.4 is 0 Å². The van der Waals surface area contributed by atoms with Gasteiger partial charge in [0.2, 0.25) is 0 Å². The van der Waals surface area contributed by atoms with Crippen molar-refractivity contribution in [3.05, 3.63) is 22.4 Å². The van der Waals surface area contributed by atoms with Crippen molar-refractivity contribution in [2.75, 3.05) is 13.7 Å². The van der Waals surface area contributed by atoms with Gasteiger partial charge >= 0.3 is 0 Å². The van der Waals surface area contributed by atoms with Gasteiger partial charge in [-0.15, -0.1) is 21.5 Å². The lowest BCUT2D eigenvalue weighted by atomic mass is 10.4. The molecule has 2 aromatic rings. The van der Waals surface area contributed by atoms with Crippen molar-refractivity contribution >= 4 is 23.1 Å². The van der Waals surface area contributed by atoms with Gasteiger partial charge in [-0.1, -0.05) is 11.8 Å². The van der Waals surface area contributed by atoms with Gasteiger partial charge in [0.25, 0.3) is 0 Å². The number of aryl methyl sites for hydroxylation is 2. The van der Waals surface area contributed by atoms with Crippen molar-refractivity contribution in [3.8, 4) is 0 Å². The number of thioether (sulfide) groups is 1. The van der Waals surface area contributed by atoms with E-state index < -0.39 is 0 Å². The molecule has 7 heteroatoms. The van der Waals surface area contributed by atoms with Crippen LogP contribution in [0.1, 0.15) is 17.1 Å². The molecule has 0 aliphatic heterocycles. The predicted octanol–water partition coefficient (Wildman–Crippen LogP) is 2.37. The van der Waals surface area contributed by atoms with Crippen molar-refractivity contribution in [2.24, 2.45) is 0 Å². The van der Waals surface area contributed by atoms with Gasteiger partial charge in [0.05, 0.1) is 10.7 Å². The van der Waals surface area contributed by atoms with E-state index in [1.165, 1.54) is 0 Å². The number of ether oxygens (including phenoxy) is 1. The maximum atomic E-state index is 5.04. The molecule has 2 heterocycles. The normalized spacial score (nSPS) is 11.0. The molecule has 0 saturated heterocycles. The fraction of sp³-hybridized carbons (Fsp3) is 0.545. The van der Waals surface area contributed by atoms with Crippen LogP contribution in [0.4, 0.5) is 0 Å². The highest BCUT2D eigenvalue weighted by Gasteiger charge is 2.06. The highest BCUT2D eigenvalue weighted by atomic mass is 32.2. The van der Waals surface area contributed by atoms with Crippen LogP contribution in [-0.2, 0) is 17.0 Å². The summed E-state index contributed by atoms with van der Waals surface area (Å²) in [5.41, 5.74) is 1.11. The van der Waals surface area contributed by atoms with E-state index in [9.17, 15) is 0 Å². The minimum absolute atomic E-state index is 0.758. The number of thiazole rings is 1. The van der Waals surface area contributed by atoms with Gasteiger partial charge < -0.3 is 9.30 Å². The first kappa shape index (κ1) is 13.5. The molecule has 0 radical (unpaired) electrons. The zero-order valence-electron chi connectivity index (χ0n) is 10.5. The maximum Gasteiger partial charge on any atom is 0.191 e. The second kappa shape index (κ2) is 6.86. The average Bonchev–Trinajstić information content (AvgIpc) is 2.96. The van der Waals surface area contributed by atoms with Crippen molar-refractivity contribution in [1.82, 2.24) is 19.7 Å². The van der Waals surface area contributed by atoms with Gasteiger partial charge in [-0.2, -0.15) is 0 Å². The first-order chi connectivity index (χ1) is 8.79. The lowest BCUT2D eigenvalue weighted by Crippen LogP contribution is -2.02. The van der Waals surface area contributed by atoms with Crippen molar-refractivity contribution in [3.63, 3.8) is 0 Å². The Morgan fingerprint density at radius 3 is 3.11 bits per heavy atom. The van der Waals surface area contributed by atoms with E-state index in [0.29, 0.717) is 0 Å². The summed E-state index contributed by atoms with van der Waals surface area (Å²) in [6.45, 7) is 3.67. The summed E-state index contributed by atoms with van der Waals surface area (Å²) in [6, 6.07) is 0. The molecule has 0 fully saturated rings. The van der Waals surface area contributed by atoms with Crippen LogP contribution in [0, 0.1) is 6.92 Å². The van der Waals surface area contributed by atoms with Crippen LogP contribution in [0.2, 0.25) is 0 Å². The molecule has 0 unspecified atom stereocenters. The van der Waals surface area contributed by atoms with Gasteiger partial charge in [-0.3, -0.25) is 0 Å². The predicted molar refractivity (Wildman–Crippen MR) is 72.9 cm³/mol. The van der Waals surface area contributed by atoms with E-state index in [2.05, 4.69) is 25.1 Å². The number of aromatic nitrogens is 4. The fourth-order valence-electron chi connectivity index (χ4n) is 1.50. The zero-order chi connectivity index (χ0) is 12.8. The molecule has 0 atom stereocenters. The largest absolute Gasteiger partial charge is 0.385 e. The van der Waals surface area contributed by atoms with Crippen molar-refractivity contribution in [2.45, 2.75) is 30.8 Å². The van der Waals surface area contributed by atoms with Crippen molar-refractivity contribution < 1.29 is 4.74 Å². The molecule has 0 aliphatic carbocycles. The van der Waals surface area contributed by atoms with Gasteiger partial charge in [-0.05, 0) is 13.3 Å². The van der Waals surface area contributed by atoms with E-state index >= 15 is 0 Å². The molecule has 0 aliphatic rings. The highest BCUT2D eigenvalue weighted by molar-refractivity contribution is 7.98. The van der Waals surface area contributed by atoms with E-state index in [0.717, 1.165) is 41.2 Å². The second-order valence-electron chi connectivity index (χ2n) is 3.80. The summed E-state index contributed by atoms with van der Waals surface area (Å²) in [5.74, 6) is 0.841. The SMILES string of the molecule is COCCCn1cnnc1SCc1csc(C)n1. The third kappa shape index (κ3) is 3.79. The summed E-state index contributed by atoms with van der Waals surface area (Å²) >= 11 is 3.35. The van der Waals surface area contributed by atoms with Crippen LogP contribution in [0.5, 0.6) is 0 Å². The van der Waals surface area contributed by atoms with E-state index in [1.54, 1.807) is 36.5 Å². The Kier molecular flexibility index (Phi) is 5.15. The number of methoxy groups -OCH3 is 1. The van der Waals surface area contributed by atoms with E-state index in [4.69, 9.17) is 4.74 Å². The maximum absolute atomic E-state index is 5.04. The molecule has 2 rings (SSSR count). The Morgan fingerprint density at radius 2 is 2.39 bits per heavy atom.